The number of nitrogens with one attached hydrogen (secondary N) is 1. The maximum Gasteiger partial charge on any atom is 0.416 e. The molecular weight excluding hydrogens is 588 g/mol. The molecule has 2 aromatic heterocycles. The molecule has 0 aliphatic carbocycles. The number of aromatic nitrogens is 2. The van der Waals surface area contributed by atoms with E-state index in [0.717, 1.165) is 12.0 Å². The fourth-order valence-corrected chi connectivity index (χ4v) is 5.29. The topological polar surface area (TPSA) is 64.9 Å². The van der Waals surface area contributed by atoms with E-state index >= 15 is 0 Å². The maximum absolute atomic E-state index is 13.3. The molecule has 0 radical (unpaired) electrons. The van der Waals surface area contributed by atoms with Crippen molar-refractivity contribution in [2.45, 2.75) is 65.9 Å². The zero-order valence-electron chi connectivity index (χ0n) is 25.3. The summed E-state index contributed by atoms with van der Waals surface area (Å²) in [6.07, 6.45) is -7.51. The molecule has 1 N–H and O–H groups in total. The SMILES string of the molecule is COc1cc(-c2nc3cc(C)ccn3c2NC(C)(C)CC(C)(C)C)ccc1OC(=O)c1cc(C(F)(F)F)cc(C(F)(F)F)c1. The number of rotatable bonds is 7. The number of halogens is 6. The molecule has 4 aromatic rings. The second-order valence-corrected chi connectivity index (χ2v) is 12.5. The first-order chi connectivity index (χ1) is 20.2. The summed E-state index contributed by atoms with van der Waals surface area (Å²) >= 11 is 0. The molecule has 0 aliphatic heterocycles. The Balaban J connectivity index is 1.74. The number of hydrogen-bond acceptors (Lipinski definition) is 5. The summed E-state index contributed by atoms with van der Waals surface area (Å²) < 4.78 is 92.5. The van der Waals surface area contributed by atoms with Crippen molar-refractivity contribution < 1.29 is 40.6 Å². The van der Waals surface area contributed by atoms with Crippen LogP contribution < -0.4 is 14.8 Å². The lowest BCUT2D eigenvalue weighted by atomic mass is 9.82. The van der Waals surface area contributed by atoms with Crippen LogP contribution in [-0.2, 0) is 12.4 Å². The fourth-order valence-electron chi connectivity index (χ4n) is 5.29. The Hall–Kier alpha value is -4.22. The molecule has 0 saturated carbocycles. The van der Waals surface area contributed by atoms with Crippen LogP contribution in [0.3, 0.4) is 0 Å². The van der Waals surface area contributed by atoms with E-state index in [2.05, 4.69) is 39.9 Å². The van der Waals surface area contributed by atoms with Crippen molar-refractivity contribution in [3.05, 3.63) is 77.0 Å². The van der Waals surface area contributed by atoms with Gasteiger partial charge < -0.3 is 14.8 Å². The third-order valence-corrected chi connectivity index (χ3v) is 6.67. The first-order valence-corrected chi connectivity index (χ1v) is 13.6. The van der Waals surface area contributed by atoms with E-state index in [9.17, 15) is 31.1 Å². The van der Waals surface area contributed by atoms with Gasteiger partial charge in [-0.15, -0.1) is 0 Å². The van der Waals surface area contributed by atoms with E-state index in [1.165, 1.54) is 19.2 Å². The van der Waals surface area contributed by atoms with Crippen LogP contribution in [-0.4, -0.2) is 28.0 Å². The van der Waals surface area contributed by atoms with Crippen LogP contribution in [0.15, 0.2) is 54.7 Å². The van der Waals surface area contributed by atoms with Crippen LogP contribution in [0.5, 0.6) is 11.5 Å². The van der Waals surface area contributed by atoms with Gasteiger partial charge >= 0.3 is 18.3 Å². The van der Waals surface area contributed by atoms with E-state index in [1.807, 2.05) is 29.7 Å². The van der Waals surface area contributed by atoms with Crippen LogP contribution in [0.1, 0.15) is 68.1 Å². The molecule has 0 amide bonds. The Labute approximate surface area is 251 Å². The Kier molecular flexibility index (Phi) is 8.45. The number of fused-ring (bicyclic) bond motifs is 1. The van der Waals surface area contributed by atoms with Gasteiger partial charge in [-0.3, -0.25) is 4.40 Å². The number of hydrogen-bond donors (Lipinski definition) is 1. The van der Waals surface area contributed by atoms with Crippen molar-refractivity contribution in [2.75, 3.05) is 12.4 Å². The van der Waals surface area contributed by atoms with Gasteiger partial charge in [0.1, 0.15) is 17.2 Å². The van der Waals surface area contributed by atoms with Gasteiger partial charge in [0, 0.05) is 17.3 Å². The standard InChI is InChI=1S/C32H33F6N3O3/c1-18-10-11-41-25(12-18)39-26(27(41)40-30(5,6)17-29(2,3)4)19-8-9-23(24(15-19)43-7)44-28(42)20-13-21(31(33,34)35)16-22(14-20)32(36,37)38/h8-16,40H,17H2,1-7H3. The number of pyridine rings is 1. The number of esters is 1. The number of nitrogens with zero attached hydrogens (tertiary/aromatic N) is 2. The predicted octanol–water partition coefficient (Wildman–Crippen LogP) is 9.20. The Morgan fingerprint density at radius 2 is 1.48 bits per heavy atom. The van der Waals surface area contributed by atoms with E-state index in [4.69, 9.17) is 14.5 Å². The van der Waals surface area contributed by atoms with Gasteiger partial charge in [0.2, 0.25) is 0 Å². The van der Waals surface area contributed by atoms with Gasteiger partial charge in [-0.25, -0.2) is 9.78 Å². The summed E-state index contributed by atoms with van der Waals surface area (Å²) in [5.74, 6) is -0.895. The largest absolute Gasteiger partial charge is 0.493 e. The monoisotopic (exact) mass is 621 g/mol. The summed E-state index contributed by atoms with van der Waals surface area (Å²) in [5, 5.41) is 3.62. The Morgan fingerprint density at radius 3 is 2.02 bits per heavy atom. The van der Waals surface area contributed by atoms with E-state index in [-0.39, 0.29) is 28.5 Å². The highest BCUT2D eigenvalue weighted by atomic mass is 19.4. The van der Waals surface area contributed by atoms with Gasteiger partial charge in [-0.2, -0.15) is 26.3 Å². The molecule has 44 heavy (non-hydrogen) atoms. The number of anilines is 1. The minimum Gasteiger partial charge on any atom is -0.493 e. The number of imidazole rings is 1. The van der Waals surface area contributed by atoms with Crippen molar-refractivity contribution in [1.29, 1.82) is 0 Å². The van der Waals surface area contributed by atoms with Gasteiger partial charge in [0.05, 0.1) is 23.8 Å². The lowest BCUT2D eigenvalue weighted by Gasteiger charge is -2.34. The molecule has 0 spiro atoms. The quantitative estimate of drug-likeness (QED) is 0.127. The second kappa shape index (κ2) is 11.4. The summed E-state index contributed by atoms with van der Waals surface area (Å²) in [4.78, 5) is 17.7. The highest BCUT2D eigenvalue weighted by Crippen LogP contribution is 2.40. The third kappa shape index (κ3) is 7.46. The summed E-state index contributed by atoms with van der Waals surface area (Å²) in [5.41, 5.74) is -1.71. The van der Waals surface area contributed by atoms with Gasteiger partial charge in [0.15, 0.2) is 11.5 Å². The molecule has 0 atom stereocenters. The molecule has 0 saturated heterocycles. The number of benzene rings is 2. The molecule has 6 nitrogen and oxygen atoms in total. The molecule has 2 heterocycles. The smallest absolute Gasteiger partial charge is 0.416 e. The average Bonchev–Trinajstić information content (AvgIpc) is 3.22. The lowest BCUT2D eigenvalue weighted by molar-refractivity contribution is -0.143. The summed E-state index contributed by atoms with van der Waals surface area (Å²) in [7, 11) is 1.29. The van der Waals surface area contributed by atoms with Crippen LogP contribution >= 0.6 is 0 Å². The predicted molar refractivity (Wildman–Crippen MR) is 155 cm³/mol. The van der Waals surface area contributed by atoms with E-state index in [0.29, 0.717) is 34.9 Å². The van der Waals surface area contributed by atoms with Crippen LogP contribution in [0.2, 0.25) is 0 Å². The highest BCUT2D eigenvalue weighted by Gasteiger charge is 2.38. The zero-order chi connectivity index (χ0) is 32.8. The Bertz CT molecular complexity index is 1670. The molecular formula is C32H33F6N3O3. The zero-order valence-corrected chi connectivity index (χ0v) is 25.3. The van der Waals surface area contributed by atoms with Gasteiger partial charge in [-0.1, -0.05) is 20.8 Å². The number of ether oxygens (including phenoxy) is 2. The molecule has 0 unspecified atom stereocenters. The number of carbonyl (C=O) groups excluding carboxylic acids is 1. The second-order valence-electron chi connectivity index (χ2n) is 12.5. The number of aryl methyl sites for hydroxylation is 1. The molecule has 0 fully saturated rings. The van der Waals surface area contributed by atoms with Crippen molar-refractivity contribution in [1.82, 2.24) is 9.38 Å². The minimum atomic E-state index is -5.12. The van der Waals surface area contributed by atoms with Crippen molar-refractivity contribution in [3.8, 4) is 22.8 Å². The van der Waals surface area contributed by atoms with Crippen LogP contribution in [0, 0.1) is 12.3 Å². The van der Waals surface area contributed by atoms with Crippen LogP contribution in [0.4, 0.5) is 32.2 Å². The van der Waals surface area contributed by atoms with E-state index in [1.54, 1.807) is 6.07 Å². The lowest BCUT2D eigenvalue weighted by Crippen LogP contribution is -2.36. The molecule has 2 aromatic carbocycles. The number of carbonyl (C=O) groups is 1. The van der Waals surface area contributed by atoms with Crippen molar-refractivity contribution in [3.63, 3.8) is 0 Å². The average molecular weight is 622 g/mol. The molecule has 0 bridgehead atoms. The number of alkyl halides is 6. The van der Waals surface area contributed by atoms with Gasteiger partial charge in [0.25, 0.3) is 0 Å². The van der Waals surface area contributed by atoms with Gasteiger partial charge in [-0.05, 0) is 86.7 Å². The molecule has 4 rings (SSSR count). The molecule has 236 valence electrons. The normalized spacial score (nSPS) is 12.8. The first kappa shape index (κ1) is 32.7. The first-order valence-electron chi connectivity index (χ1n) is 13.6. The molecule has 12 heteroatoms. The van der Waals surface area contributed by atoms with Crippen LogP contribution in [0.25, 0.3) is 16.9 Å². The third-order valence-electron chi connectivity index (χ3n) is 6.67. The minimum absolute atomic E-state index is 0.0168. The summed E-state index contributed by atoms with van der Waals surface area (Å²) in [6, 6.07) is 8.90. The highest BCUT2D eigenvalue weighted by molar-refractivity contribution is 5.92. The molecule has 0 aliphatic rings. The van der Waals surface area contributed by atoms with Crippen molar-refractivity contribution >= 4 is 17.4 Å². The maximum atomic E-state index is 13.3. The van der Waals surface area contributed by atoms with Crippen molar-refractivity contribution in [2.24, 2.45) is 5.41 Å². The number of methoxy groups -OCH3 is 1. The Morgan fingerprint density at radius 1 is 0.864 bits per heavy atom. The summed E-state index contributed by atoms with van der Waals surface area (Å²) in [6.45, 7) is 12.5. The van der Waals surface area contributed by atoms with E-state index < -0.39 is 35.0 Å². The fraction of sp³-hybridized carbons (Fsp3) is 0.375.